The van der Waals surface area contributed by atoms with Crippen molar-refractivity contribution in [3.8, 4) is 5.75 Å². The summed E-state index contributed by atoms with van der Waals surface area (Å²) in [5.74, 6) is 0.708. The molecule has 1 aromatic rings. The van der Waals surface area contributed by atoms with Crippen LogP contribution in [-0.4, -0.2) is 31.0 Å². The summed E-state index contributed by atoms with van der Waals surface area (Å²) in [6.45, 7) is 6.15. The number of nitrogens with two attached hydrogens (primary N) is 1. The van der Waals surface area contributed by atoms with Gasteiger partial charge < -0.3 is 15.4 Å². The van der Waals surface area contributed by atoms with E-state index in [1.807, 2.05) is 4.90 Å². The average Bonchev–Trinajstić information content (AvgIpc) is 2.47. The Morgan fingerprint density at radius 3 is 2.55 bits per heavy atom. The number of amides is 1. The van der Waals surface area contributed by atoms with Crippen LogP contribution in [-0.2, 0) is 0 Å². The third-order valence-corrected chi connectivity index (χ3v) is 4.60. The predicted octanol–water partition coefficient (Wildman–Crippen LogP) is 2.93. The van der Waals surface area contributed by atoms with E-state index in [2.05, 4.69) is 13.8 Å². The minimum atomic E-state index is 0.0308. The smallest absolute Gasteiger partial charge is 0.255 e. The van der Waals surface area contributed by atoms with Crippen molar-refractivity contribution in [1.82, 2.24) is 4.90 Å². The summed E-state index contributed by atoms with van der Waals surface area (Å²) in [5.41, 5.74) is 7.39. The lowest BCUT2D eigenvalue weighted by Gasteiger charge is -2.39. The van der Waals surface area contributed by atoms with Gasteiger partial charge in [0.2, 0.25) is 0 Å². The number of likely N-dealkylation sites (tertiary alicyclic amines) is 1. The highest BCUT2D eigenvalue weighted by Crippen LogP contribution is 2.34. The van der Waals surface area contributed by atoms with Crippen molar-refractivity contribution in [3.63, 3.8) is 0 Å². The number of benzene rings is 1. The normalized spacial score (nSPS) is 17.9. The topological polar surface area (TPSA) is 55.6 Å². The minimum Gasteiger partial charge on any atom is -0.497 e. The second-order valence-corrected chi connectivity index (χ2v) is 5.91. The summed E-state index contributed by atoms with van der Waals surface area (Å²) in [7, 11) is 1.59. The summed E-state index contributed by atoms with van der Waals surface area (Å²) in [4.78, 5) is 14.4. The molecule has 2 N–H and O–H groups in total. The number of nitrogen functional groups attached to an aromatic ring is 1. The number of carbonyl (C=O) groups is 1. The molecule has 0 atom stereocenters. The molecule has 1 heterocycles. The maximum Gasteiger partial charge on any atom is 0.255 e. The van der Waals surface area contributed by atoms with Crippen LogP contribution in [0.4, 0.5) is 5.69 Å². The highest BCUT2D eigenvalue weighted by Gasteiger charge is 2.31. The van der Waals surface area contributed by atoms with Gasteiger partial charge in [-0.25, -0.2) is 0 Å². The highest BCUT2D eigenvalue weighted by atomic mass is 16.5. The van der Waals surface area contributed by atoms with E-state index in [4.69, 9.17) is 10.5 Å². The molecule has 20 heavy (non-hydrogen) atoms. The zero-order valence-electron chi connectivity index (χ0n) is 12.6. The number of carbonyl (C=O) groups excluding carboxylic acids is 1. The van der Waals surface area contributed by atoms with Crippen LogP contribution in [0.3, 0.4) is 0 Å². The lowest BCUT2D eigenvalue weighted by atomic mass is 9.78. The number of piperidine rings is 1. The molecule has 0 spiro atoms. The Balaban J connectivity index is 2.09. The van der Waals surface area contributed by atoms with Crippen molar-refractivity contribution in [2.45, 2.75) is 33.1 Å². The van der Waals surface area contributed by atoms with Crippen LogP contribution >= 0.6 is 0 Å². The van der Waals surface area contributed by atoms with Gasteiger partial charge in [0.05, 0.1) is 12.7 Å². The Labute approximate surface area is 120 Å². The molecule has 4 heteroatoms. The molecule has 4 nitrogen and oxygen atoms in total. The first-order chi connectivity index (χ1) is 9.49. The predicted molar refractivity (Wildman–Crippen MR) is 80.9 cm³/mol. The van der Waals surface area contributed by atoms with E-state index in [1.54, 1.807) is 25.3 Å². The molecule has 1 aliphatic heterocycles. The maximum absolute atomic E-state index is 12.5. The summed E-state index contributed by atoms with van der Waals surface area (Å²) in [6, 6.07) is 5.24. The Morgan fingerprint density at radius 2 is 2.05 bits per heavy atom. The van der Waals surface area contributed by atoms with Crippen molar-refractivity contribution in [3.05, 3.63) is 23.8 Å². The monoisotopic (exact) mass is 276 g/mol. The number of anilines is 1. The van der Waals surface area contributed by atoms with Crippen molar-refractivity contribution in [1.29, 1.82) is 0 Å². The Morgan fingerprint density at radius 1 is 1.40 bits per heavy atom. The second-order valence-electron chi connectivity index (χ2n) is 5.91. The molecule has 0 aromatic heterocycles. The molecule has 2 rings (SSSR count). The lowest BCUT2D eigenvalue weighted by molar-refractivity contribution is 0.0601. The summed E-state index contributed by atoms with van der Waals surface area (Å²) >= 11 is 0. The number of hydrogen-bond acceptors (Lipinski definition) is 3. The van der Waals surface area contributed by atoms with Gasteiger partial charge >= 0.3 is 0 Å². The third kappa shape index (κ3) is 2.89. The number of ether oxygens (including phenoxy) is 1. The van der Waals surface area contributed by atoms with Crippen molar-refractivity contribution in [2.24, 2.45) is 5.41 Å². The van der Waals surface area contributed by atoms with Crippen LogP contribution in [0, 0.1) is 5.41 Å². The Hall–Kier alpha value is -1.71. The standard InChI is InChI=1S/C16H24N2O2/c1-4-16(2)7-9-18(10-8-16)15(19)13-6-5-12(20-3)11-14(13)17/h5-6,11H,4,7-10,17H2,1-3H3. The van der Waals surface area contributed by atoms with Gasteiger partial charge in [-0.1, -0.05) is 20.3 Å². The lowest BCUT2D eigenvalue weighted by Crippen LogP contribution is -2.42. The van der Waals surface area contributed by atoms with E-state index in [1.165, 1.54) is 6.42 Å². The number of hydrogen-bond donors (Lipinski definition) is 1. The zero-order valence-corrected chi connectivity index (χ0v) is 12.6. The van der Waals surface area contributed by atoms with Crippen molar-refractivity contribution >= 4 is 11.6 Å². The van der Waals surface area contributed by atoms with Gasteiger partial charge in [-0.05, 0) is 30.4 Å². The van der Waals surface area contributed by atoms with Crippen molar-refractivity contribution < 1.29 is 9.53 Å². The van der Waals surface area contributed by atoms with Gasteiger partial charge in [0.25, 0.3) is 5.91 Å². The summed E-state index contributed by atoms with van der Waals surface area (Å²) in [6.07, 6.45) is 3.29. The van der Waals surface area contributed by atoms with Crippen LogP contribution < -0.4 is 10.5 Å². The average molecular weight is 276 g/mol. The van der Waals surface area contributed by atoms with Crippen LogP contribution in [0.25, 0.3) is 0 Å². The minimum absolute atomic E-state index is 0.0308. The van der Waals surface area contributed by atoms with E-state index in [9.17, 15) is 4.79 Å². The van der Waals surface area contributed by atoms with Gasteiger partial charge in [-0.15, -0.1) is 0 Å². The van der Waals surface area contributed by atoms with Crippen LogP contribution in [0.5, 0.6) is 5.75 Å². The molecule has 0 bridgehead atoms. The molecular weight excluding hydrogens is 252 g/mol. The molecule has 0 unspecified atom stereocenters. The van der Waals surface area contributed by atoms with E-state index in [0.29, 0.717) is 22.4 Å². The van der Waals surface area contributed by atoms with Crippen molar-refractivity contribution in [2.75, 3.05) is 25.9 Å². The van der Waals surface area contributed by atoms with Crippen LogP contribution in [0.15, 0.2) is 18.2 Å². The molecular formula is C16H24N2O2. The SMILES string of the molecule is CCC1(C)CCN(C(=O)c2ccc(OC)cc2N)CC1. The fourth-order valence-electron chi connectivity index (χ4n) is 2.64. The second kappa shape index (κ2) is 5.73. The fraction of sp³-hybridized carbons (Fsp3) is 0.562. The van der Waals surface area contributed by atoms with E-state index < -0.39 is 0 Å². The Kier molecular flexibility index (Phi) is 4.21. The number of methoxy groups -OCH3 is 1. The molecule has 0 aliphatic carbocycles. The van der Waals surface area contributed by atoms with Gasteiger partial charge in [-0.2, -0.15) is 0 Å². The van der Waals surface area contributed by atoms with Gasteiger partial charge in [0.15, 0.2) is 0 Å². The van der Waals surface area contributed by atoms with Crippen LogP contribution in [0.1, 0.15) is 43.5 Å². The number of rotatable bonds is 3. The maximum atomic E-state index is 12.5. The molecule has 1 amide bonds. The quantitative estimate of drug-likeness (QED) is 0.864. The zero-order chi connectivity index (χ0) is 14.8. The highest BCUT2D eigenvalue weighted by molar-refractivity contribution is 5.99. The first-order valence-corrected chi connectivity index (χ1v) is 7.22. The molecule has 1 aromatic carbocycles. The Bertz CT molecular complexity index is 491. The molecule has 0 saturated carbocycles. The summed E-state index contributed by atoms with van der Waals surface area (Å²) < 4.78 is 5.11. The van der Waals surface area contributed by atoms with E-state index in [0.717, 1.165) is 25.9 Å². The van der Waals surface area contributed by atoms with Gasteiger partial charge in [0.1, 0.15) is 5.75 Å². The molecule has 110 valence electrons. The first kappa shape index (κ1) is 14.7. The van der Waals surface area contributed by atoms with Gasteiger partial charge in [0, 0.05) is 24.8 Å². The first-order valence-electron chi connectivity index (χ1n) is 7.22. The van der Waals surface area contributed by atoms with Crippen LogP contribution in [0.2, 0.25) is 0 Å². The largest absolute Gasteiger partial charge is 0.497 e. The molecule has 1 saturated heterocycles. The third-order valence-electron chi connectivity index (χ3n) is 4.60. The molecule has 1 aliphatic rings. The molecule has 0 radical (unpaired) electrons. The molecule has 1 fully saturated rings. The fourth-order valence-corrected chi connectivity index (χ4v) is 2.64. The number of nitrogens with zero attached hydrogens (tertiary/aromatic N) is 1. The van der Waals surface area contributed by atoms with E-state index >= 15 is 0 Å². The van der Waals surface area contributed by atoms with E-state index in [-0.39, 0.29) is 5.91 Å². The van der Waals surface area contributed by atoms with Gasteiger partial charge in [-0.3, -0.25) is 4.79 Å². The summed E-state index contributed by atoms with van der Waals surface area (Å²) in [5, 5.41) is 0.